The van der Waals surface area contributed by atoms with E-state index in [-0.39, 0.29) is 5.91 Å². The number of esters is 1. The molecule has 1 atom stereocenters. The maximum absolute atomic E-state index is 11.5. The predicted octanol–water partition coefficient (Wildman–Crippen LogP) is 2.02. The second kappa shape index (κ2) is 4.75. The number of benzene rings is 1. The number of hydrogen-bond donors (Lipinski definition) is 1. The molecule has 0 radical (unpaired) electrons. The van der Waals surface area contributed by atoms with Crippen molar-refractivity contribution in [2.75, 3.05) is 11.9 Å². The topological polar surface area (TPSA) is 55.4 Å². The van der Waals surface area contributed by atoms with Crippen LogP contribution in [0.4, 0.5) is 5.69 Å². The molecule has 1 aliphatic rings. The van der Waals surface area contributed by atoms with Crippen molar-refractivity contribution in [2.45, 2.75) is 18.7 Å². The highest BCUT2D eigenvalue weighted by molar-refractivity contribution is 6.30. The van der Waals surface area contributed by atoms with E-state index in [4.69, 9.17) is 16.3 Å². The molecule has 1 heterocycles. The Kier molecular flexibility index (Phi) is 3.33. The Bertz CT molecular complexity index is 473. The smallest absolute Gasteiger partial charge is 0.328 e. The van der Waals surface area contributed by atoms with Crippen molar-refractivity contribution in [1.82, 2.24) is 0 Å². The van der Waals surface area contributed by atoms with E-state index in [9.17, 15) is 9.59 Å². The van der Waals surface area contributed by atoms with Crippen LogP contribution in [0.15, 0.2) is 18.2 Å². The molecule has 4 nitrogen and oxygen atoms in total. The van der Waals surface area contributed by atoms with Gasteiger partial charge in [0.25, 0.3) is 0 Å². The molecular formula is C12H12ClNO3. The average Bonchev–Trinajstić information content (AvgIpc) is 2.67. The summed E-state index contributed by atoms with van der Waals surface area (Å²) in [5, 5.41) is 1.90. The van der Waals surface area contributed by atoms with Crippen molar-refractivity contribution < 1.29 is 14.3 Å². The molecule has 1 amide bonds. The van der Waals surface area contributed by atoms with Crippen LogP contribution < -0.4 is 5.32 Å². The molecular weight excluding hydrogens is 242 g/mol. The summed E-state index contributed by atoms with van der Waals surface area (Å²) in [5.74, 6) is -0.509. The Morgan fingerprint density at radius 1 is 1.59 bits per heavy atom. The highest BCUT2D eigenvalue weighted by Gasteiger charge is 2.23. The highest BCUT2D eigenvalue weighted by atomic mass is 35.5. The van der Waals surface area contributed by atoms with Crippen LogP contribution in [0, 0.1) is 0 Å². The standard InChI is InChI=1S/C12H12ClNO3/c1-2-17-12(16)11(13)7-3-4-9-8(5-7)6-10(15)14-9/h3-5,11H,2,6H2,1H3,(H,14,15). The monoisotopic (exact) mass is 253 g/mol. The van der Waals surface area contributed by atoms with Crippen molar-refractivity contribution in [1.29, 1.82) is 0 Å². The fourth-order valence-corrected chi connectivity index (χ4v) is 1.96. The molecule has 90 valence electrons. The Labute approximate surface area is 104 Å². The van der Waals surface area contributed by atoms with Crippen LogP contribution in [-0.4, -0.2) is 18.5 Å². The van der Waals surface area contributed by atoms with Crippen molar-refractivity contribution in [3.63, 3.8) is 0 Å². The minimum absolute atomic E-state index is 0.0422. The van der Waals surface area contributed by atoms with Gasteiger partial charge in [-0.15, -0.1) is 11.6 Å². The van der Waals surface area contributed by atoms with Crippen LogP contribution >= 0.6 is 11.6 Å². The van der Waals surface area contributed by atoms with Crippen LogP contribution in [-0.2, 0) is 20.7 Å². The fourth-order valence-electron chi connectivity index (χ4n) is 1.76. The number of anilines is 1. The third-order valence-corrected chi connectivity index (χ3v) is 2.97. The van der Waals surface area contributed by atoms with E-state index in [2.05, 4.69) is 5.32 Å². The van der Waals surface area contributed by atoms with Gasteiger partial charge in [-0.1, -0.05) is 12.1 Å². The first-order chi connectivity index (χ1) is 8.11. The van der Waals surface area contributed by atoms with Gasteiger partial charge in [0.05, 0.1) is 13.0 Å². The maximum atomic E-state index is 11.5. The van der Waals surface area contributed by atoms with Gasteiger partial charge in [-0.3, -0.25) is 9.59 Å². The molecule has 0 spiro atoms. The second-order valence-electron chi connectivity index (χ2n) is 3.76. The van der Waals surface area contributed by atoms with E-state index in [1.165, 1.54) is 0 Å². The van der Waals surface area contributed by atoms with Gasteiger partial charge in [-0.25, -0.2) is 0 Å². The van der Waals surface area contributed by atoms with E-state index in [0.717, 1.165) is 11.3 Å². The lowest BCUT2D eigenvalue weighted by atomic mass is 10.1. The van der Waals surface area contributed by atoms with Crippen LogP contribution in [0.25, 0.3) is 0 Å². The molecule has 0 fully saturated rings. The number of amides is 1. The average molecular weight is 254 g/mol. The summed E-state index contributed by atoms with van der Waals surface area (Å²) in [6, 6.07) is 5.24. The van der Waals surface area contributed by atoms with Crippen LogP contribution in [0.5, 0.6) is 0 Å². The van der Waals surface area contributed by atoms with Crippen molar-refractivity contribution in [3.8, 4) is 0 Å². The Morgan fingerprint density at radius 2 is 2.35 bits per heavy atom. The molecule has 0 bridgehead atoms. The largest absolute Gasteiger partial charge is 0.465 e. The molecule has 2 rings (SSSR count). The van der Waals surface area contributed by atoms with Crippen LogP contribution in [0.2, 0.25) is 0 Å². The van der Waals surface area contributed by atoms with E-state index < -0.39 is 11.3 Å². The minimum atomic E-state index is -0.823. The number of carbonyl (C=O) groups is 2. The minimum Gasteiger partial charge on any atom is -0.465 e. The Morgan fingerprint density at radius 3 is 3.06 bits per heavy atom. The molecule has 1 aromatic carbocycles. The van der Waals surface area contributed by atoms with Gasteiger partial charge < -0.3 is 10.1 Å². The maximum Gasteiger partial charge on any atom is 0.328 e. The van der Waals surface area contributed by atoms with Crippen molar-refractivity contribution in [3.05, 3.63) is 29.3 Å². The highest BCUT2D eigenvalue weighted by Crippen LogP contribution is 2.29. The second-order valence-corrected chi connectivity index (χ2v) is 4.19. The number of rotatable bonds is 3. The molecule has 5 heteroatoms. The Balaban J connectivity index is 2.21. The first kappa shape index (κ1) is 11.9. The first-order valence-electron chi connectivity index (χ1n) is 5.35. The number of carbonyl (C=O) groups excluding carboxylic acids is 2. The van der Waals surface area contributed by atoms with Gasteiger partial charge in [0.15, 0.2) is 5.38 Å². The van der Waals surface area contributed by atoms with E-state index >= 15 is 0 Å². The first-order valence-corrected chi connectivity index (χ1v) is 5.79. The zero-order chi connectivity index (χ0) is 12.4. The van der Waals surface area contributed by atoms with E-state index in [1.807, 2.05) is 0 Å². The number of alkyl halides is 1. The number of ether oxygens (including phenoxy) is 1. The summed E-state index contributed by atoms with van der Waals surface area (Å²) in [7, 11) is 0. The summed E-state index contributed by atoms with van der Waals surface area (Å²) in [4.78, 5) is 22.7. The number of hydrogen-bond acceptors (Lipinski definition) is 3. The van der Waals surface area contributed by atoms with Gasteiger partial charge in [0, 0.05) is 5.69 Å². The summed E-state index contributed by atoms with van der Waals surface area (Å²) >= 11 is 5.99. The summed E-state index contributed by atoms with van der Waals surface area (Å²) in [6.45, 7) is 2.03. The van der Waals surface area contributed by atoms with E-state index in [1.54, 1.807) is 25.1 Å². The summed E-state index contributed by atoms with van der Waals surface area (Å²) in [5.41, 5.74) is 2.30. The van der Waals surface area contributed by atoms with Crippen LogP contribution in [0.3, 0.4) is 0 Å². The predicted molar refractivity (Wildman–Crippen MR) is 64.0 cm³/mol. The number of fused-ring (bicyclic) bond motifs is 1. The zero-order valence-electron chi connectivity index (χ0n) is 9.33. The van der Waals surface area contributed by atoms with Crippen molar-refractivity contribution in [2.24, 2.45) is 0 Å². The van der Waals surface area contributed by atoms with Gasteiger partial charge >= 0.3 is 5.97 Å². The molecule has 1 unspecified atom stereocenters. The third kappa shape index (κ3) is 2.42. The number of halogens is 1. The molecule has 1 N–H and O–H groups in total. The number of nitrogens with one attached hydrogen (secondary N) is 1. The third-order valence-electron chi connectivity index (χ3n) is 2.54. The van der Waals surface area contributed by atoms with Crippen LogP contribution in [0.1, 0.15) is 23.4 Å². The Hall–Kier alpha value is -1.55. The summed E-state index contributed by atoms with van der Waals surface area (Å²) in [6.07, 6.45) is 0.329. The van der Waals surface area contributed by atoms with Gasteiger partial charge in [0.2, 0.25) is 5.91 Å². The van der Waals surface area contributed by atoms with Gasteiger partial charge in [-0.05, 0) is 24.1 Å². The fraction of sp³-hybridized carbons (Fsp3) is 0.333. The lowest BCUT2D eigenvalue weighted by Gasteiger charge is -2.10. The molecule has 0 aromatic heterocycles. The zero-order valence-corrected chi connectivity index (χ0v) is 10.1. The molecule has 1 aliphatic heterocycles. The summed E-state index contributed by atoms with van der Waals surface area (Å²) < 4.78 is 4.85. The normalized spacial score (nSPS) is 15.1. The SMILES string of the molecule is CCOC(=O)C(Cl)c1ccc2c(c1)CC(=O)N2. The molecule has 0 saturated heterocycles. The molecule has 0 saturated carbocycles. The van der Waals surface area contributed by atoms with Crippen molar-refractivity contribution >= 4 is 29.2 Å². The lowest BCUT2D eigenvalue weighted by Crippen LogP contribution is -2.11. The molecule has 17 heavy (non-hydrogen) atoms. The quantitative estimate of drug-likeness (QED) is 0.662. The van der Waals surface area contributed by atoms with Gasteiger partial charge in [0.1, 0.15) is 0 Å². The van der Waals surface area contributed by atoms with Gasteiger partial charge in [-0.2, -0.15) is 0 Å². The molecule has 1 aromatic rings. The molecule has 0 aliphatic carbocycles. The lowest BCUT2D eigenvalue weighted by molar-refractivity contribution is -0.142. The van der Waals surface area contributed by atoms with E-state index in [0.29, 0.717) is 18.6 Å².